The van der Waals surface area contributed by atoms with Crippen LogP contribution in [0.15, 0.2) is 17.8 Å². The molecule has 0 radical (unpaired) electrons. The Morgan fingerprint density at radius 1 is 1.30 bits per heavy atom. The summed E-state index contributed by atoms with van der Waals surface area (Å²) in [7, 11) is 0. The maximum absolute atomic E-state index is 4.78. The van der Waals surface area contributed by atoms with E-state index in [1.54, 1.807) is 15.9 Å². The lowest BCUT2D eigenvalue weighted by Gasteiger charge is -2.16. The molecule has 1 unspecified atom stereocenters. The molecule has 0 saturated heterocycles. The first-order valence-corrected chi connectivity index (χ1v) is 8.68. The van der Waals surface area contributed by atoms with Crippen molar-refractivity contribution in [2.45, 2.75) is 52.5 Å². The number of hydrogen-bond acceptors (Lipinski definition) is 6. The van der Waals surface area contributed by atoms with Gasteiger partial charge in [-0.3, -0.25) is 0 Å². The van der Waals surface area contributed by atoms with Gasteiger partial charge < -0.3 is 5.32 Å². The summed E-state index contributed by atoms with van der Waals surface area (Å²) in [5.41, 5.74) is 2.19. The lowest BCUT2D eigenvalue weighted by atomic mass is 9.93. The van der Waals surface area contributed by atoms with Crippen molar-refractivity contribution in [2.24, 2.45) is 0 Å². The summed E-state index contributed by atoms with van der Waals surface area (Å²) in [6, 6.07) is 2.12. The van der Waals surface area contributed by atoms with E-state index in [1.807, 2.05) is 6.07 Å². The molecule has 3 aromatic rings. The lowest BCUT2D eigenvalue weighted by molar-refractivity contribution is 0.569. The van der Waals surface area contributed by atoms with Crippen molar-refractivity contribution in [1.82, 2.24) is 24.6 Å². The fourth-order valence-electron chi connectivity index (χ4n) is 2.26. The highest BCUT2D eigenvalue weighted by atomic mass is 32.1. The van der Waals surface area contributed by atoms with Crippen LogP contribution in [0.25, 0.3) is 5.78 Å². The van der Waals surface area contributed by atoms with Gasteiger partial charge in [0.05, 0.1) is 11.7 Å². The van der Waals surface area contributed by atoms with Gasteiger partial charge in [-0.25, -0.2) is 9.97 Å². The number of hydrogen-bond donors (Lipinski definition) is 1. The van der Waals surface area contributed by atoms with Gasteiger partial charge >= 0.3 is 0 Å². The van der Waals surface area contributed by atoms with E-state index in [9.17, 15) is 0 Å². The summed E-state index contributed by atoms with van der Waals surface area (Å²) in [5.74, 6) is 1.51. The molecule has 0 spiro atoms. The van der Waals surface area contributed by atoms with E-state index in [0.717, 1.165) is 28.6 Å². The van der Waals surface area contributed by atoms with Crippen molar-refractivity contribution >= 4 is 22.9 Å². The van der Waals surface area contributed by atoms with Gasteiger partial charge in [0, 0.05) is 22.6 Å². The molecule has 6 nitrogen and oxygen atoms in total. The van der Waals surface area contributed by atoms with Gasteiger partial charge in [0.15, 0.2) is 0 Å². The third kappa shape index (κ3) is 3.19. The average molecular weight is 330 g/mol. The van der Waals surface area contributed by atoms with Gasteiger partial charge in [-0.2, -0.15) is 14.6 Å². The number of aryl methyl sites for hydroxylation is 1. The minimum absolute atomic E-state index is 0.0691. The maximum atomic E-state index is 4.78. The van der Waals surface area contributed by atoms with Gasteiger partial charge in [0.25, 0.3) is 5.78 Å². The molecule has 0 aliphatic carbocycles. The van der Waals surface area contributed by atoms with Crippen LogP contribution in [0.1, 0.15) is 57.1 Å². The van der Waals surface area contributed by atoms with Crippen LogP contribution in [0.4, 0.5) is 5.82 Å². The van der Waals surface area contributed by atoms with E-state index in [-0.39, 0.29) is 11.5 Å². The molecule has 0 saturated carbocycles. The first kappa shape index (κ1) is 15.9. The Balaban J connectivity index is 1.89. The second kappa shape index (κ2) is 5.88. The van der Waals surface area contributed by atoms with E-state index in [4.69, 9.17) is 4.98 Å². The molecular weight excluding hydrogens is 308 g/mol. The molecule has 0 bridgehead atoms. The quantitative estimate of drug-likeness (QED) is 0.791. The molecule has 23 heavy (non-hydrogen) atoms. The number of rotatable bonds is 4. The van der Waals surface area contributed by atoms with Crippen LogP contribution in [-0.2, 0) is 11.8 Å². The summed E-state index contributed by atoms with van der Waals surface area (Å²) in [4.78, 5) is 13.4. The average Bonchev–Trinajstić information content (AvgIpc) is 3.15. The summed E-state index contributed by atoms with van der Waals surface area (Å²) in [6.07, 6.45) is 2.39. The molecule has 0 aliphatic rings. The Kier molecular flexibility index (Phi) is 4.06. The minimum Gasteiger partial charge on any atom is -0.361 e. The topological polar surface area (TPSA) is 68.0 Å². The largest absolute Gasteiger partial charge is 0.361 e. The lowest BCUT2D eigenvalue weighted by Crippen LogP contribution is -2.14. The zero-order valence-electron chi connectivity index (χ0n) is 14.2. The van der Waals surface area contributed by atoms with Gasteiger partial charge in [-0.1, -0.05) is 27.7 Å². The molecule has 0 amide bonds. The van der Waals surface area contributed by atoms with Gasteiger partial charge in [-0.15, -0.1) is 11.3 Å². The van der Waals surface area contributed by atoms with Gasteiger partial charge in [0.1, 0.15) is 17.2 Å². The van der Waals surface area contributed by atoms with Crippen LogP contribution in [0.5, 0.6) is 0 Å². The Bertz CT molecular complexity index is 813. The highest BCUT2D eigenvalue weighted by Gasteiger charge is 2.20. The number of thiazole rings is 1. The summed E-state index contributed by atoms with van der Waals surface area (Å²) in [5, 5.41) is 11.0. The van der Waals surface area contributed by atoms with Crippen molar-refractivity contribution in [3.63, 3.8) is 0 Å². The fraction of sp³-hybridized carbons (Fsp3) is 0.500. The van der Waals surface area contributed by atoms with Crippen LogP contribution in [0, 0.1) is 0 Å². The molecule has 122 valence electrons. The number of aromatic nitrogens is 5. The van der Waals surface area contributed by atoms with Crippen molar-refractivity contribution in [3.05, 3.63) is 34.2 Å². The predicted octanol–water partition coefficient (Wildman–Crippen LogP) is 3.61. The monoisotopic (exact) mass is 330 g/mol. The van der Waals surface area contributed by atoms with E-state index in [2.05, 4.69) is 60.4 Å². The summed E-state index contributed by atoms with van der Waals surface area (Å²) in [6.45, 7) is 10.7. The van der Waals surface area contributed by atoms with Crippen LogP contribution in [-0.4, -0.2) is 24.6 Å². The van der Waals surface area contributed by atoms with Gasteiger partial charge in [-0.05, 0) is 13.3 Å². The van der Waals surface area contributed by atoms with Crippen LogP contribution in [0.3, 0.4) is 0 Å². The van der Waals surface area contributed by atoms with E-state index >= 15 is 0 Å². The second-order valence-electron chi connectivity index (χ2n) is 6.65. The highest BCUT2D eigenvalue weighted by molar-refractivity contribution is 7.09. The first-order chi connectivity index (χ1) is 10.9. The normalized spacial score (nSPS) is 13.4. The zero-order chi connectivity index (χ0) is 16.6. The van der Waals surface area contributed by atoms with Crippen molar-refractivity contribution < 1.29 is 0 Å². The third-order valence-electron chi connectivity index (χ3n) is 3.69. The number of fused-ring (bicyclic) bond motifs is 1. The predicted molar refractivity (Wildman–Crippen MR) is 93.0 cm³/mol. The first-order valence-electron chi connectivity index (χ1n) is 7.80. The molecule has 0 fully saturated rings. The summed E-state index contributed by atoms with van der Waals surface area (Å²) >= 11 is 1.69. The number of anilines is 1. The highest BCUT2D eigenvalue weighted by Crippen LogP contribution is 2.28. The zero-order valence-corrected chi connectivity index (χ0v) is 15.0. The van der Waals surface area contributed by atoms with Crippen molar-refractivity contribution in [3.8, 4) is 0 Å². The molecule has 3 aromatic heterocycles. The van der Waals surface area contributed by atoms with Crippen molar-refractivity contribution in [2.75, 3.05) is 5.32 Å². The van der Waals surface area contributed by atoms with E-state index in [0.29, 0.717) is 5.78 Å². The smallest absolute Gasteiger partial charge is 0.254 e. The molecule has 0 aromatic carbocycles. The van der Waals surface area contributed by atoms with Crippen LogP contribution >= 0.6 is 11.3 Å². The second-order valence-corrected chi connectivity index (χ2v) is 7.53. The molecular formula is C16H22N6S. The standard InChI is InChI=1S/C16H22N6S/c1-6-11-7-13(22-15(20-11)17-9-18-22)19-10(2)14-21-12(8-23-14)16(3,4)5/h7-10,19H,6H2,1-5H3. The Morgan fingerprint density at radius 3 is 2.74 bits per heavy atom. The van der Waals surface area contributed by atoms with E-state index < -0.39 is 0 Å². The molecule has 1 atom stereocenters. The summed E-state index contributed by atoms with van der Waals surface area (Å²) < 4.78 is 1.73. The van der Waals surface area contributed by atoms with Crippen molar-refractivity contribution in [1.29, 1.82) is 0 Å². The van der Waals surface area contributed by atoms with E-state index in [1.165, 1.54) is 6.33 Å². The molecule has 0 aliphatic heterocycles. The third-order valence-corrected chi connectivity index (χ3v) is 4.72. The Morgan fingerprint density at radius 2 is 2.09 bits per heavy atom. The molecule has 1 N–H and O–H groups in total. The number of nitrogens with one attached hydrogen (secondary N) is 1. The van der Waals surface area contributed by atoms with Crippen LogP contribution in [0.2, 0.25) is 0 Å². The number of nitrogens with zero attached hydrogens (tertiary/aromatic N) is 5. The molecule has 3 rings (SSSR count). The minimum atomic E-state index is 0.0691. The maximum Gasteiger partial charge on any atom is 0.254 e. The Hall–Kier alpha value is -2.02. The van der Waals surface area contributed by atoms with Crippen LogP contribution < -0.4 is 5.32 Å². The SMILES string of the molecule is CCc1cc(NC(C)c2nc(C(C)(C)C)cs2)n2ncnc2n1. The van der Waals surface area contributed by atoms with Gasteiger partial charge in [0.2, 0.25) is 0 Å². The molecule has 3 heterocycles. The molecule has 7 heteroatoms. The fourth-order valence-corrected chi connectivity index (χ4v) is 3.31. The Labute approximate surface area is 140 Å².